The highest BCUT2D eigenvalue weighted by Crippen LogP contribution is 2.29. The van der Waals surface area contributed by atoms with Crippen molar-refractivity contribution in [2.24, 2.45) is 0 Å². The summed E-state index contributed by atoms with van der Waals surface area (Å²) in [6, 6.07) is 1.43. The number of fused-ring (bicyclic) bond motifs is 1. The van der Waals surface area contributed by atoms with Gasteiger partial charge in [0.15, 0.2) is 0 Å². The smallest absolute Gasteiger partial charge is 0.335 e. The first kappa shape index (κ1) is 12.9. The first-order valence-corrected chi connectivity index (χ1v) is 6.40. The van der Waals surface area contributed by atoms with E-state index in [0.717, 1.165) is 6.07 Å². The molecular formula is C10H8F2O5S. The van der Waals surface area contributed by atoms with E-state index in [4.69, 9.17) is 9.84 Å². The Kier molecular flexibility index (Phi) is 3.07. The molecule has 18 heavy (non-hydrogen) atoms. The van der Waals surface area contributed by atoms with Crippen LogP contribution in [0.3, 0.4) is 0 Å². The molecule has 1 atom stereocenters. The maximum absolute atomic E-state index is 13.6. The van der Waals surface area contributed by atoms with Crippen molar-refractivity contribution in [2.45, 2.75) is 17.0 Å². The zero-order chi connectivity index (χ0) is 13.5. The SMILES string of the molecule is O=C(O)c1cc(F)c2c(c1)S(=O)(=O)[C@H](F)COC2. The van der Waals surface area contributed by atoms with E-state index in [2.05, 4.69) is 0 Å². The number of hydrogen-bond acceptors (Lipinski definition) is 4. The molecule has 0 aromatic heterocycles. The van der Waals surface area contributed by atoms with Crippen LogP contribution in [-0.2, 0) is 21.2 Å². The lowest BCUT2D eigenvalue weighted by atomic mass is 10.1. The van der Waals surface area contributed by atoms with Gasteiger partial charge in [-0.1, -0.05) is 0 Å². The minimum atomic E-state index is -4.43. The summed E-state index contributed by atoms with van der Waals surface area (Å²) in [5.41, 5.74) is -3.23. The standard InChI is InChI=1S/C10H8F2O5S/c11-7-1-5(10(13)14)2-8-6(7)3-17-4-9(12)18(8,15)16/h1-2,9H,3-4H2,(H,13,14)/t9-/m0/s1. The summed E-state index contributed by atoms with van der Waals surface area (Å²) in [4.78, 5) is 10.1. The molecule has 1 aliphatic rings. The lowest BCUT2D eigenvalue weighted by Gasteiger charge is -2.09. The van der Waals surface area contributed by atoms with Gasteiger partial charge in [0.05, 0.1) is 23.7 Å². The van der Waals surface area contributed by atoms with Gasteiger partial charge in [-0.15, -0.1) is 0 Å². The van der Waals surface area contributed by atoms with Gasteiger partial charge in [-0.25, -0.2) is 22.0 Å². The Hall–Kier alpha value is -1.54. The van der Waals surface area contributed by atoms with Crippen LogP contribution in [-0.4, -0.2) is 31.6 Å². The third-order valence-corrected chi connectivity index (χ3v) is 4.33. The summed E-state index contributed by atoms with van der Waals surface area (Å²) in [7, 11) is -4.43. The predicted octanol–water partition coefficient (Wildman–Crippen LogP) is 1.12. The van der Waals surface area contributed by atoms with Gasteiger partial charge in [0.2, 0.25) is 15.3 Å². The number of benzene rings is 1. The molecule has 0 aliphatic carbocycles. The summed E-state index contributed by atoms with van der Waals surface area (Å²) in [5.74, 6) is -2.53. The van der Waals surface area contributed by atoms with Crippen molar-refractivity contribution in [3.05, 3.63) is 29.1 Å². The molecule has 0 fully saturated rings. The van der Waals surface area contributed by atoms with E-state index in [-0.39, 0.29) is 5.56 Å². The monoisotopic (exact) mass is 278 g/mol. The van der Waals surface area contributed by atoms with Gasteiger partial charge in [-0.2, -0.15) is 0 Å². The molecule has 1 aliphatic heterocycles. The summed E-state index contributed by atoms with van der Waals surface area (Å²) >= 11 is 0. The van der Waals surface area contributed by atoms with Gasteiger partial charge in [0, 0.05) is 5.56 Å². The van der Waals surface area contributed by atoms with Crippen molar-refractivity contribution in [3.8, 4) is 0 Å². The average molecular weight is 278 g/mol. The van der Waals surface area contributed by atoms with E-state index < -0.39 is 50.8 Å². The predicted molar refractivity (Wildman–Crippen MR) is 55.1 cm³/mol. The molecule has 0 spiro atoms. The third-order valence-electron chi connectivity index (χ3n) is 2.54. The van der Waals surface area contributed by atoms with Gasteiger partial charge in [-0.05, 0) is 12.1 Å². The first-order valence-electron chi connectivity index (χ1n) is 4.85. The van der Waals surface area contributed by atoms with Crippen molar-refractivity contribution in [1.29, 1.82) is 0 Å². The molecule has 0 saturated carbocycles. The number of sulfone groups is 1. The number of ether oxygens (including phenoxy) is 1. The summed E-state index contributed by atoms with van der Waals surface area (Å²) in [6.45, 7) is -1.13. The van der Waals surface area contributed by atoms with Gasteiger partial charge in [0.1, 0.15) is 5.82 Å². The molecule has 1 aromatic rings. The maximum Gasteiger partial charge on any atom is 0.335 e. The van der Waals surface area contributed by atoms with Crippen LogP contribution in [0.4, 0.5) is 8.78 Å². The van der Waals surface area contributed by atoms with Crippen LogP contribution in [0, 0.1) is 5.82 Å². The van der Waals surface area contributed by atoms with Crippen LogP contribution >= 0.6 is 0 Å². The molecule has 1 heterocycles. The molecule has 1 aromatic carbocycles. The lowest BCUT2D eigenvalue weighted by molar-refractivity contribution is 0.0695. The summed E-state index contributed by atoms with van der Waals surface area (Å²) < 4.78 is 55.2. The third kappa shape index (κ3) is 1.97. The van der Waals surface area contributed by atoms with E-state index in [1.54, 1.807) is 0 Å². The van der Waals surface area contributed by atoms with Gasteiger partial charge < -0.3 is 9.84 Å². The van der Waals surface area contributed by atoms with Crippen LogP contribution in [0.25, 0.3) is 0 Å². The molecule has 0 radical (unpaired) electrons. The first-order chi connectivity index (χ1) is 8.34. The Morgan fingerprint density at radius 3 is 2.72 bits per heavy atom. The highest BCUT2D eigenvalue weighted by molar-refractivity contribution is 7.92. The Morgan fingerprint density at radius 1 is 1.44 bits per heavy atom. The lowest BCUT2D eigenvalue weighted by Crippen LogP contribution is -2.20. The van der Waals surface area contributed by atoms with Crippen LogP contribution in [0.15, 0.2) is 17.0 Å². The molecule has 0 bridgehead atoms. The largest absolute Gasteiger partial charge is 0.478 e. The normalized spacial score (nSPS) is 22.0. The van der Waals surface area contributed by atoms with E-state index in [1.807, 2.05) is 0 Å². The molecule has 0 unspecified atom stereocenters. The van der Waals surface area contributed by atoms with Gasteiger partial charge in [-0.3, -0.25) is 0 Å². The number of alkyl halides is 1. The fraction of sp³-hybridized carbons (Fsp3) is 0.300. The number of rotatable bonds is 1. The second-order valence-corrected chi connectivity index (χ2v) is 5.75. The second-order valence-electron chi connectivity index (χ2n) is 3.71. The maximum atomic E-state index is 13.6. The van der Waals surface area contributed by atoms with E-state index >= 15 is 0 Å². The number of carbonyl (C=O) groups is 1. The number of hydrogen-bond donors (Lipinski definition) is 1. The second kappa shape index (κ2) is 4.29. The highest BCUT2D eigenvalue weighted by atomic mass is 32.2. The van der Waals surface area contributed by atoms with Crippen molar-refractivity contribution < 1.29 is 31.8 Å². The quantitative estimate of drug-likeness (QED) is 0.832. The molecule has 2 rings (SSSR count). The number of aromatic carboxylic acids is 1. The van der Waals surface area contributed by atoms with Gasteiger partial charge >= 0.3 is 5.97 Å². The highest BCUT2D eigenvalue weighted by Gasteiger charge is 2.34. The summed E-state index contributed by atoms with van der Waals surface area (Å²) in [6.07, 6.45) is 0. The van der Waals surface area contributed by atoms with Crippen LogP contribution in [0.1, 0.15) is 15.9 Å². The van der Waals surface area contributed by atoms with E-state index in [9.17, 15) is 22.0 Å². The van der Waals surface area contributed by atoms with Gasteiger partial charge in [0.25, 0.3) is 0 Å². The Morgan fingerprint density at radius 2 is 2.11 bits per heavy atom. The van der Waals surface area contributed by atoms with Crippen molar-refractivity contribution in [2.75, 3.05) is 6.61 Å². The van der Waals surface area contributed by atoms with Crippen LogP contribution in [0.2, 0.25) is 0 Å². The Balaban J connectivity index is 2.75. The topological polar surface area (TPSA) is 80.7 Å². The fourth-order valence-corrected chi connectivity index (χ4v) is 2.95. The zero-order valence-corrected chi connectivity index (χ0v) is 9.71. The molecule has 1 N–H and O–H groups in total. The number of carboxylic acids is 1. The van der Waals surface area contributed by atoms with E-state index in [1.165, 1.54) is 0 Å². The Labute approximate surface area is 101 Å². The fourth-order valence-electron chi connectivity index (χ4n) is 1.61. The number of halogens is 2. The minimum absolute atomic E-state index is 0.347. The minimum Gasteiger partial charge on any atom is -0.478 e. The van der Waals surface area contributed by atoms with Crippen molar-refractivity contribution in [3.63, 3.8) is 0 Å². The number of carboxylic acid groups (broad SMARTS) is 1. The molecule has 98 valence electrons. The molecular weight excluding hydrogens is 270 g/mol. The Bertz CT molecular complexity index is 611. The summed E-state index contributed by atoms with van der Waals surface area (Å²) in [5, 5.41) is 8.73. The average Bonchev–Trinajstić information content (AvgIpc) is 2.39. The van der Waals surface area contributed by atoms with Crippen molar-refractivity contribution >= 4 is 15.8 Å². The van der Waals surface area contributed by atoms with E-state index in [0.29, 0.717) is 6.07 Å². The molecule has 0 saturated heterocycles. The van der Waals surface area contributed by atoms with Crippen molar-refractivity contribution in [1.82, 2.24) is 0 Å². The zero-order valence-electron chi connectivity index (χ0n) is 8.89. The molecule has 8 heteroatoms. The molecule has 0 amide bonds. The van der Waals surface area contributed by atoms with Crippen LogP contribution in [0.5, 0.6) is 0 Å². The van der Waals surface area contributed by atoms with Crippen LogP contribution < -0.4 is 0 Å². The molecule has 5 nitrogen and oxygen atoms in total.